The minimum atomic E-state index is -0.772. The molecule has 4 heteroatoms. The third kappa shape index (κ3) is 2.20. The van der Waals surface area contributed by atoms with E-state index in [0.717, 1.165) is 24.2 Å². The largest absolute Gasteiger partial charge is 0.384 e. The van der Waals surface area contributed by atoms with Crippen LogP contribution in [0.25, 0.3) is 0 Å². The standard InChI is InChI=1S/C15H13Cl2NO/c16-12-6-2-4-10(13(12)17)15(19)11-5-1-3-9-7-8-18-14(9)11/h1-6,15,18-19H,7-8H2. The highest BCUT2D eigenvalue weighted by Gasteiger charge is 2.22. The van der Waals surface area contributed by atoms with Crippen LogP contribution in [0.1, 0.15) is 22.8 Å². The summed E-state index contributed by atoms with van der Waals surface area (Å²) in [5, 5.41) is 14.8. The van der Waals surface area contributed by atoms with Gasteiger partial charge in [0.1, 0.15) is 6.10 Å². The molecule has 0 fully saturated rings. The molecular weight excluding hydrogens is 281 g/mol. The quantitative estimate of drug-likeness (QED) is 0.876. The maximum atomic E-state index is 10.6. The van der Waals surface area contributed by atoms with Crippen LogP contribution in [-0.4, -0.2) is 11.7 Å². The van der Waals surface area contributed by atoms with E-state index >= 15 is 0 Å². The molecule has 0 radical (unpaired) electrons. The lowest BCUT2D eigenvalue weighted by Gasteiger charge is -2.17. The zero-order valence-electron chi connectivity index (χ0n) is 10.2. The molecule has 98 valence electrons. The van der Waals surface area contributed by atoms with E-state index in [0.29, 0.717) is 15.6 Å². The van der Waals surface area contributed by atoms with E-state index in [1.54, 1.807) is 18.2 Å². The number of anilines is 1. The molecule has 1 unspecified atom stereocenters. The van der Waals surface area contributed by atoms with Crippen LogP contribution in [0.4, 0.5) is 5.69 Å². The molecule has 2 aromatic rings. The van der Waals surface area contributed by atoms with E-state index in [-0.39, 0.29) is 0 Å². The molecule has 0 saturated carbocycles. The lowest BCUT2D eigenvalue weighted by Crippen LogP contribution is -2.04. The van der Waals surface area contributed by atoms with Crippen molar-refractivity contribution in [3.05, 3.63) is 63.1 Å². The van der Waals surface area contributed by atoms with Gasteiger partial charge in [-0.05, 0) is 18.1 Å². The van der Waals surface area contributed by atoms with Gasteiger partial charge in [-0.3, -0.25) is 0 Å². The lowest BCUT2D eigenvalue weighted by molar-refractivity contribution is 0.221. The molecule has 1 heterocycles. The molecule has 2 N–H and O–H groups in total. The van der Waals surface area contributed by atoms with E-state index in [1.165, 1.54) is 5.56 Å². The topological polar surface area (TPSA) is 32.3 Å². The smallest absolute Gasteiger partial charge is 0.108 e. The number of rotatable bonds is 2. The minimum Gasteiger partial charge on any atom is -0.384 e. The van der Waals surface area contributed by atoms with E-state index < -0.39 is 6.10 Å². The summed E-state index contributed by atoms with van der Waals surface area (Å²) in [7, 11) is 0. The first-order chi connectivity index (χ1) is 9.18. The van der Waals surface area contributed by atoms with Crippen molar-refractivity contribution < 1.29 is 5.11 Å². The second-order valence-corrected chi connectivity index (χ2v) is 5.39. The summed E-state index contributed by atoms with van der Waals surface area (Å²) in [6, 6.07) is 11.3. The number of hydrogen-bond acceptors (Lipinski definition) is 2. The number of hydrogen-bond donors (Lipinski definition) is 2. The number of halogens is 2. The van der Waals surface area contributed by atoms with Crippen LogP contribution in [0.2, 0.25) is 10.0 Å². The first-order valence-corrected chi connectivity index (χ1v) is 6.91. The maximum absolute atomic E-state index is 10.6. The van der Waals surface area contributed by atoms with Crippen molar-refractivity contribution in [2.45, 2.75) is 12.5 Å². The third-order valence-electron chi connectivity index (χ3n) is 3.45. The fraction of sp³-hybridized carbons (Fsp3) is 0.200. The van der Waals surface area contributed by atoms with E-state index in [4.69, 9.17) is 23.2 Å². The van der Waals surface area contributed by atoms with E-state index in [9.17, 15) is 5.11 Å². The Bertz CT molecular complexity index is 628. The molecule has 2 nitrogen and oxygen atoms in total. The predicted molar refractivity (Wildman–Crippen MR) is 79.2 cm³/mol. The van der Waals surface area contributed by atoms with E-state index in [2.05, 4.69) is 11.4 Å². The molecule has 1 atom stereocenters. The van der Waals surface area contributed by atoms with Crippen molar-refractivity contribution in [1.82, 2.24) is 0 Å². The third-order valence-corrected chi connectivity index (χ3v) is 4.28. The maximum Gasteiger partial charge on any atom is 0.108 e. The van der Waals surface area contributed by atoms with Gasteiger partial charge in [-0.25, -0.2) is 0 Å². The fourth-order valence-electron chi connectivity index (χ4n) is 2.49. The number of nitrogens with one attached hydrogen (secondary N) is 1. The Balaban J connectivity index is 2.08. The number of para-hydroxylation sites is 1. The van der Waals surface area contributed by atoms with Crippen molar-refractivity contribution in [3.63, 3.8) is 0 Å². The molecule has 0 amide bonds. The lowest BCUT2D eigenvalue weighted by atomic mass is 9.97. The minimum absolute atomic E-state index is 0.410. The summed E-state index contributed by atoms with van der Waals surface area (Å²) in [5.41, 5.74) is 3.73. The van der Waals surface area contributed by atoms with Crippen molar-refractivity contribution in [3.8, 4) is 0 Å². The van der Waals surface area contributed by atoms with Crippen LogP contribution < -0.4 is 5.32 Å². The number of aliphatic hydroxyl groups excluding tert-OH is 1. The summed E-state index contributed by atoms with van der Waals surface area (Å²) >= 11 is 12.2. The average Bonchev–Trinajstić information content (AvgIpc) is 2.89. The SMILES string of the molecule is OC(c1cccc(Cl)c1Cl)c1cccc2c1NCC2. The molecular formula is C15H13Cl2NO. The summed E-state index contributed by atoms with van der Waals surface area (Å²) in [4.78, 5) is 0. The molecule has 2 aromatic carbocycles. The van der Waals surface area contributed by atoms with Gasteiger partial charge < -0.3 is 10.4 Å². The number of fused-ring (bicyclic) bond motifs is 1. The van der Waals surface area contributed by atoms with Gasteiger partial charge in [0, 0.05) is 23.4 Å². The Labute approximate surface area is 122 Å². The molecule has 0 aliphatic carbocycles. The van der Waals surface area contributed by atoms with Crippen LogP contribution in [0.15, 0.2) is 36.4 Å². The predicted octanol–water partition coefficient (Wildman–Crippen LogP) is 4.04. The van der Waals surface area contributed by atoms with Gasteiger partial charge in [0.15, 0.2) is 0 Å². The van der Waals surface area contributed by atoms with Crippen LogP contribution in [0, 0.1) is 0 Å². The van der Waals surface area contributed by atoms with Crippen LogP contribution in [0.3, 0.4) is 0 Å². The Kier molecular flexibility index (Phi) is 3.40. The molecule has 0 aromatic heterocycles. The first kappa shape index (κ1) is 12.8. The van der Waals surface area contributed by atoms with Gasteiger partial charge in [0.25, 0.3) is 0 Å². The highest BCUT2D eigenvalue weighted by Crippen LogP contribution is 2.38. The van der Waals surface area contributed by atoms with Gasteiger partial charge in [0.2, 0.25) is 0 Å². The average molecular weight is 294 g/mol. The molecule has 3 rings (SSSR count). The summed E-state index contributed by atoms with van der Waals surface area (Å²) in [5.74, 6) is 0. The monoisotopic (exact) mass is 293 g/mol. The molecule has 1 aliphatic rings. The molecule has 19 heavy (non-hydrogen) atoms. The molecule has 0 bridgehead atoms. The highest BCUT2D eigenvalue weighted by atomic mass is 35.5. The molecule has 1 aliphatic heterocycles. The van der Waals surface area contributed by atoms with Crippen molar-refractivity contribution in [1.29, 1.82) is 0 Å². The van der Waals surface area contributed by atoms with Gasteiger partial charge in [-0.1, -0.05) is 53.5 Å². The van der Waals surface area contributed by atoms with Gasteiger partial charge >= 0.3 is 0 Å². The van der Waals surface area contributed by atoms with Gasteiger partial charge in [-0.2, -0.15) is 0 Å². The zero-order valence-corrected chi connectivity index (χ0v) is 11.7. The Hall–Kier alpha value is -1.22. The van der Waals surface area contributed by atoms with Crippen LogP contribution in [0.5, 0.6) is 0 Å². The van der Waals surface area contributed by atoms with Gasteiger partial charge in [-0.15, -0.1) is 0 Å². The van der Waals surface area contributed by atoms with Gasteiger partial charge in [0.05, 0.1) is 10.0 Å². The normalized spacial score (nSPS) is 14.9. The molecule has 0 spiro atoms. The second kappa shape index (κ2) is 5.04. The summed E-state index contributed by atoms with van der Waals surface area (Å²) in [6.07, 6.45) is 0.214. The molecule has 0 saturated heterocycles. The second-order valence-electron chi connectivity index (χ2n) is 4.60. The fourth-order valence-corrected chi connectivity index (χ4v) is 2.90. The summed E-state index contributed by atoms with van der Waals surface area (Å²) < 4.78 is 0. The van der Waals surface area contributed by atoms with Crippen molar-refractivity contribution in [2.24, 2.45) is 0 Å². The first-order valence-electron chi connectivity index (χ1n) is 6.16. The Morgan fingerprint density at radius 3 is 2.63 bits per heavy atom. The highest BCUT2D eigenvalue weighted by molar-refractivity contribution is 6.42. The number of benzene rings is 2. The summed E-state index contributed by atoms with van der Waals surface area (Å²) in [6.45, 7) is 0.905. The van der Waals surface area contributed by atoms with Crippen molar-refractivity contribution in [2.75, 3.05) is 11.9 Å². The zero-order chi connectivity index (χ0) is 13.4. The van der Waals surface area contributed by atoms with E-state index in [1.807, 2.05) is 12.1 Å². The Morgan fingerprint density at radius 1 is 1.05 bits per heavy atom. The number of aliphatic hydroxyl groups is 1. The van der Waals surface area contributed by atoms with Crippen LogP contribution in [-0.2, 0) is 6.42 Å². The Morgan fingerprint density at radius 2 is 1.79 bits per heavy atom. The van der Waals surface area contributed by atoms with Crippen molar-refractivity contribution >= 4 is 28.9 Å². The van der Waals surface area contributed by atoms with Crippen LogP contribution >= 0.6 is 23.2 Å².